The monoisotopic (exact) mass is 1110 g/mol. The number of aromatic nitrogens is 4. The van der Waals surface area contributed by atoms with Crippen LogP contribution >= 0.6 is 46.4 Å². The Morgan fingerprint density at radius 3 is 1.37 bits per heavy atom. The maximum Gasteiger partial charge on any atom is 0.220 e. The van der Waals surface area contributed by atoms with Crippen LogP contribution in [-0.4, -0.2) is 148 Å². The molecular formula is C56H64Cl4N10O6. The van der Waals surface area contributed by atoms with Crippen molar-refractivity contribution in [2.75, 3.05) is 117 Å². The minimum Gasteiger partial charge on any atom is -0.377 e. The van der Waals surface area contributed by atoms with E-state index in [0.717, 1.165) is 82.1 Å². The Balaban J connectivity index is 0.612. The number of fused-ring (bicyclic) bond motifs is 2. The molecule has 0 radical (unpaired) electrons. The van der Waals surface area contributed by atoms with E-state index in [4.69, 9.17) is 75.3 Å². The van der Waals surface area contributed by atoms with Crippen LogP contribution in [0.2, 0.25) is 20.1 Å². The van der Waals surface area contributed by atoms with Crippen molar-refractivity contribution in [2.24, 2.45) is 0 Å². The number of ether oxygens (including phenoxy) is 4. The molecule has 0 bridgehead atoms. The van der Waals surface area contributed by atoms with E-state index in [1.807, 2.05) is 48.5 Å². The molecule has 20 heteroatoms. The minimum atomic E-state index is -0.222. The van der Waals surface area contributed by atoms with Gasteiger partial charge in [0.05, 0.1) is 89.0 Å². The normalized spacial score (nSPS) is 15.4. The fourth-order valence-corrected chi connectivity index (χ4v) is 10.5. The molecule has 0 spiro atoms. The van der Waals surface area contributed by atoms with Crippen LogP contribution in [0.25, 0.3) is 22.5 Å². The van der Waals surface area contributed by atoms with Gasteiger partial charge in [0.2, 0.25) is 11.8 Å². The second kappa shape index (κ2) is 28.8. The van der Waals surface area contributed by atoms with Gasteiger partial charge in [-0.3, -0.25) is 19.6 Å². The van der Waals surface area contributed by atoms with E-state index in [1.165, 1.54) is 0 Å². The lowest BCUT2D eigenvalue weighted by atomic mass is 9.84. The smallest absolute Gasteiger partial charge is 0.220 e. The number of anilines is 2. The molecule has 2 aliphatic heterocycles. The summed E-state index contributed by atoms with van der Waals surface area (Å²) < 4.78 is 22.6. The summed E-state index contributed by atoms with van der Waals surface area (Å²) in [7, 11) is 4.20. The maximum absolute atomic E-state index is 12.3. The van der Waals surface area contributed by atoms with Gasteiger partial charge in [0.15, 0.2) is 0 Å². The maximum atomic E-state index is 12.3. The number of likely N-dealkylation sites (N-methyl/N-ethyl adjacent to an activating group) is 2. The number of rotatable bonds is 27. The lowest BCUT2D eigenvalue weighted by molar-refractivity contribution is -0.126. The van der Waals surface area contributed by atoms with Crippen LogP contribution in [0.15, 0.2) is 97.6 Å². The Hall–Kier alpha value is -5.50. The van der Waals surface area contributed by atoms with Crippen LogP contribution in [0.5, 0.6) is 0 Å². The number of hydrogen-bond donors (Lipinski definition) is 4. The summed E-state index contributed by atoms with van der Waals surface area (Å²) in [6.07, 6.45) is 7.05. The van der Waals surface area contributed by atoms with E-state index >= 15 is 0 Å². The lowest BCUT2D eigenvalue weighted by Crippen LogP contribution is -2.31. The molecule has 16 nitrogen and oxygen atoms in total. The molecule has 0 saturated carbocycles. The summed E-state index contributed by atoms with van der Waals surface area (Å²) in [4.78, 5) is 47.5. The highest BCUT2D eigenvalue weighted by atomic mass is 35.5. The molecule has 2 aromatic heterocycles. The van der Waals surface area contributed by atoms with Crippen molar-refractivity contribution in [1.29, 1.82) is 0 Å². The minimum absolute atomic E-state index is 0.0756. The first-order valence-electron chi connectivity index (χ1n) is 25.5. The summed E-state index contributed by atoms with van der Waals surface area (Å²) >= 11 is 26.1. The Morgan fingerprint density at radius 1 is 0.539 bits per heavy atom. The van der Waals surface area contributed by atoms with Crippen molar-refractivity contribution in [3.8, 4) is 22.5 Å². The van der Waals surface area contributed by atoms with Gasteiger partial charge in [0.1, 0.15) is 11.6 Å². The van der Waals surface area contributed by atoms with Gasteiger partial charge in [-0.15, -0.1) is 0 Å². The largest absolute Gasteiger partial charge is 0.377 e. The fraction of sp³-hybridized carbons (Fsp3) is 0.393. The van der Waals surface area contributed by atoms with Crippen LogP contribution in [0.3, 0.4) is 0 Å². The predicted molar refractivity (Wildman–Crippen MR) is 300 cm³/mol. The Morgan fingerprint density at radius 2 is 0.947 bits per heavy atom. The molecule has 4 heterocycles. The summed E-state index contributed by atoms with van der Waals surface area (Å²) in [5, 5.41) is 14.8. The molecule has 2 atom stereocenters. The van der Waals surface area contributed by atoms with Crippen molar-refractivity contribution in [2.45, 2.75) is 37.8 Å². The lowest BCUT2D eigenvalue weighted by Gasteiger charge is -2.33. The van der Waals surface area contributed by atoms with Crippen LogP contribution < -0.4 is 21.3 Å². The van der Waals surface area contributed by atoms with Crippen LogP contribution in [0, 0.1) is 0 Å². The average molecular weight is 1120 g/mol. The highest BCUT2D eigenvalue weighted by Gasteiger charge is 2.29. The Bertz CT molecular complexity index is 2710. The van der Waals surface area contributed by atoms with E-state index in [2.05, 4.69) is 79.4 Å². The Kier molecular flexibility index (Phi) is 21.4. The van der Waals surface area contributed by atoms with Crippen LogP contribution in [0.4, 0.5) is 11.6 Å². The predicted octanol–water partition coefficient (Wildman–Crippen LogP) is 8.97. The van der Waals surface area contributed by atoms with Crippen LogP contribution in [-0.2, 0) is 41.6 Å². The number of carbonyl (C=O) groups excluding carboxylic acids is 2. The van der Waals surface area contributed by atoms with Gasteiger partial charge in [0.25, 0.3) is 0 Å². The first-order chi connectivity index (χ1) is 37.0. The molecule has 0 aliphatic carbocycles. The number of amides is 2. The second-order valence-electron chi connectivity index (χ2n) is 18.7. The van der Waals surface area contributed by atoms with Gasteiger partial charge in [-0.1, -0.05) is 82.8 Å². The first kappa shape index (κ1) is 56.7. The van der Waals surface area contributed by atoms with Crippen molar-refractivity contribution >= 4 is 69.9 Å². The highest BCUT2D eigenvalue weighted by molar-refractivity contribution is 6.35. The summed E-state index contributed by atoms with van der Waals surface area (Å²) in [5.41, 5.74) is 10.3. The molecule has 0 fully saturated rings. The van der Waals surface area contributed by atoms with E-state index in [-0.39, 0.29) is 36.5 Å². The zero-order chi connectivity index (χ0) is 53.2. The van der Waals surface area contributed by atoms with E-state index in [9.17, 15) is 9.59 Å². The first-order valence-corrected chi connectivity index (χ1v) is 27.0. The van der Waals surface area contributed by atoms with Gasteiger partial charge in [0, 0.05) is 108 Å². The summed E-state index contributed by atoms with van der Waals surface area (Å²) in [6.45, 7) is 8.07. The van der Waals surface area contributed by atoms with Gasteiger partial charge < -0.3 is 50.0 Å². The zero-order valence-electron chi connectivity index (χ0n) is 42.8. The third-order valence-corrected chi connectivity index (χ3v) is 14.1. The number of nitrogens with one attached hydrogen (secondary N) is 4. The number of halogens is 4. The van der Waals surface area contributed by atoms with Gasteiger partial charge >= 0.3 is 0 Å². The summed E-state index contributed by atoms with van der Waals surface area (Å²) in [6, 6.07) is 24.4. The van der Waals surface area contributed by atoms with Gasteiger partial charge in [-0.05, 0) is 83.9 Å². The molecule has 76 heavy (non-hydrogen) atoms. The van der Waals surface area contributed by atoms with Crippen LogP contribution in [0.1, 0.15) is 58.1 Å². The van der Waals surface area contributed by atoms with E-state index < -0.39 is 0 Å². The molecule has 2 aliphatic rings. The fourth-order valence-electron chi connectivity index (χ4n) is 9.35. The zero-order valence-corrected chi connectivity index (χ0v) is 45.8. The quantitative estimate of drug-likeness (QED) is 0.0360. The number of carbonyl (C=O) groups is 2. The average Bonchev–Trinajstić information content (AvgIpc) is 3.41. The van der Waals surface area contributed by atoms with E-state index in [1.54, 1.807) is 24.8 Å². The Labute approximate surface area is 464 Å². The second-order valence-corrected chi connectivity index (χ2v) is 20.4. The molecule has 0 unspecified atom stereocenters. The van der Waals surface area contributed by atoms with Crippen molar-refractivity contribution in [3.63, 3.8) is 0 Å². The molecule has 2 amide bonds. The molecular weight excluding hydrogens is 1050 g/mol. The number of benzene rings is 4. The topological polar surface area (TPSA) is 177 Å². The van der Waals surface area contributed by atoms with Gasteiger partial charge in [-0.2, -0.15) is 0 Å². The van der Waals surface area contributed by atoms with Crippen molar-refractivity contribution in [3.05, 3.63) is 151 Å². The van der Waals surface area contributed by atoms with Gasteiger partial charge in [-0.25, -0.2) is 9.97 Å². The molecule has 0 saturated heterocycles. The summed E-state index contributed by atoms with van der Waals surface area (Å²) in [5.74, 6) is 1.08. The standard InChI is InChI=1S/C56H64Cl4N10O6/c1-69-33-45(43-25-41(57)27-49(59)47(43)35-69)37-5-3-7-39(23-37)51-29-61-31-53(67-51)63-11-15-73-19-21-75-17-13-65-55(71)9-10-56(72)66-14-18-76-22-20-74-16-12-64-54-32-62-30-52(68-54)40-8-4-6-38(24-40)46-34-70(2)36-48-44(46)26-42(58)28-50(48)60/h3-8,23-32,45-46H,9-22,33-36H2,1-2H3,(H,63,67)(H,64,68)(H,65,71)(H,66,72)/t45-,46-/m0/s1. The number of hydrogen-bond acceptors (Lipinski definition) is 14. The molecule has 4 aromatic carbocycles. The van der Waals surface area contributed by atoms with E-state index in [0.29, 0.717) is 111 Å². The third kappa shape index (κ3) is 16.5. The molecule has 6 aromatic rings. The highest BCUT2D eigenvalue weighted by Crippen LogP contribution is 2.41. The number of nitrogens with zero attached hydrogens (tertiary/aromatic N) is 6. The SMILES string of the molecule is CN1Cc2c(Cl)cc(Cl)cc2[C@H](c2cccc(-c3cncc(NCCOCCOCCNC(=O)CCC(=O)NCCOCCOCCNc4cncc(-c5cccc([C@@H]6CN(C)Cc7c(Cl)cc(Cl)cc76)c5)n4)n3)c2)C1. The van der Waals surface area contributed by atoms with Crippen molar-refractivity contribution in [1.82, 2.24) is 40.4 Å². The molecule has 402 valence electrons. The third-order valence-electron chi connectivity index (χ3n) is 13.0. The molecule has 4 N–H and O–H groups in total. The van der Waals surface area contributed by atoms with Crippen molar-refractivity contribution < 1.29 is 28.5 Å². The molecule has 8 rings (SSSR count).